The van der Waals surface area contributed by atoms with E-state index in [2.05, 4.69) is 41.3 Å². The molecule has 8 heteroatoms. The summed E-state index contributed by atoms with van der Waals surface area (Å²) in [5.41, 5.74) is 1.02. The van der Waals surface area contributed by atoms with Crippen molar-refractivity contribution in [1.29, 1.82) is 0 Å². The van der Waals surface area contributed by atoms with E-state index < -0.39 is 10.0 Å². The van der Waals surface area contributed by atoms with Gasteiger partial charge in [0.1, 0.15) is 0 Å². The fraction of sp³-hybridized carbons (Fsp3) is 0.682. The van der Waals surface area contributed by atoms with Gasteiger partial charge in [-0.15, -0.1) is 0 Å². The van der Waals surface area contributed by atoms with E-state index in [0.717, 1.165) is 56.8 Å². The van der Waals surface area contributed by atoms with E-state index in [1.807, 2.05) is 12.1 Å². The molecule has 1 aromatic rings. The van der Waals surface area contributed by atoms with Crippen LogP contribution in [-0.2, 0) is 16.6 Å². The Balaban J connectivity index is 1.80. The van der Waals surface area contributed by atoms with Crippen molar-refractivity contribution < 1.29 is 8.42 Å². The minimum Gasteiger partial charge on any atom is -0.354 e. The summed E-state index contributed by atoms with van der Waals surface area (Å²) in [4.78, 5) is 7.12. The van der Waals surface area contributed by atoms with Crippen molar-refractivity contribution in [3.8, 4) is 0 Å². The van der Waals surface area contributed by atoms with Gasteiger partial charge in [0.2, 0.25) is 10.0 Å². The average Bonchev–Trinajstić information content (AvgIpc) is 3.30. The molecule has 1 fully saturated rings. The third-order valence-corrected chi connectivity index (χ3v) is 7.61. The maximum atomic E-state index is 12.6. The standard InChI is InChI=1S/C22H39N5O2S/c1-5-26(6-2)15-9-10-19(3)25-22(23-4)24-18-20-11-13-21(14-12-20)30(28,29)27-16-7-8-17-27/h11-14,19H,5-10,15-18H2,1-4H3,(H2,23,24,25). The van der Waals surface area contributed by atoms with Crippen molar-refractivity contribution in [1.82, 2.24) is 19.8 Å². The molecule has 0 aliphatic carbocycles. The Bertz CT molecular complexity index is 754. The van der Waals surface area contributed by atoms with E-state index in [4.69, 9.17) is 0 Å². The van der Waals surface area contributed by atoms with Crippen LogP contribution in [0.1, 0.15) is 52.0 Å². The number of sulfonamides is 1. The number of nitrogens with zero attached hydrogens (tertiary/aromatic N) is 3. The van der Waals surface area contributed by atoms with Crippen LogP contribution in [0.3, 0.4) is 0 Å². The van der Waals surface area contributed by atoms with Gasteiger partial charge in [-0.1, -0.05) is 26.0 Å². The molecule has 2 N–H and O–H groups in total. The highest BCUT2D eigenvalue weighted by Crippen LogP contribution is 2.21. The number of nitrogens with one attached hydrogen (secondary N) is 2. The number of aliphatic imine (C=N–C) groups is 1. The highest BCUT2D eigenvalue weighted by atomic mass is 32.2. The minimum atomic E-state index is -3.35. The van der Waals surface area contributed by atoms with E-state index in [1.54, 1.807) is 23.5 Å². The fourth-order valence-corrected chi connectivity index (χ4v) is 5.22. The van der Waals surface area contributed by atoms with Crippen LogP contribution in [0.25, 0.3) is 0 Å². The second-order valence-corrected chi connectivity index (χ2v) is 9.83. The normalized spacial score (nSPS) is 16.8. The Morgan fingerprint density at radius 2 is 1.80 bits per heavy atom. The van der Waals surface area contributed by atoms with E-state index in [1.165, 1.54) is 0 Å². The molecular formula is C22H39N5O2S. The summed E-state index contributed by atoms with van der Waals surface area (Å²) in [5.74, 6) is 0.763. The zero-order chi connectivity index (χ0) is 22.0. The lowest BCUT2D eigenvalue weighted by Crippen LogP contribution is -2.42. The van der Waals surface area contributed by atoms with Crippen molar-refractivity contribution in [2.24, 2.45) is 4.99 Å². The van der Waals surface area contributed by atoms with Gasteiger partial charge in [-0.05, 0) is 69.9 Å². The Hall–Kier alpha value is -1.64. The summed E-state index contributed by atoms with van der Waals surface area (Å²) in [6.45, 7) is 11.7. The van der Waals surface area contributed by atoms with Crippen LogP contribution in [0.5, 0.6) is 0 Å². The Kier molecular flexibility index (Phi) is 10.1. The lowest BCUT2D eigenvalue weighted by atomic mass is 10.2. The van der Waals surface area contributed by atoms with Crippen LogP contribution < -0.4 is 10.6 Å². The van der Waals surface area contributed by atoms with Gasteiger partial charge < -0.3 is 15.5 Å². The number of hydrogen-bond donors (Lipinski definition) is 2. The molecule has 2 rings (SSSR count). The summed E-state index contributed by atoms with van der Waals surface area (Å²) < 4.78 is 26.8. The Labute approximate surface area is 183 Å². The smallest absolute Gasteiger partial charge is 0.243 e. The van der Waals surface area contributed by atoms with Crippen LogP contribution in [-0.4, -0.2) is 69.4 Å². The maximum absolute atomic E-state index is 12.6. The molecule has 0 spiro atoms. The molecule has 0 radical (unpaired) electrons. The van der Waals surface area contributed by atoms with Gasteiger partial charge in [-0.2, -0.15) is 4.31 Å². The first-order valence-corrected chi connectivity index (χ1v) is 12.6. The number of rotatable bonds is 11. The molecule has 0 saturated carbocycles. The topological polar surface area (TPSA) is 77.0 Å². The highest BCUT2D eigenvalue weighted by molar-refractivity contribution is 7.89. The van der Waals surface area contributed by atoms with Crippen molar-refractivity contribution in [3.05, 3.63) is 29.8 Å². The van der Waals surface area contributed by atoms with Gasteiger partial charge in [0.15, 0.2) is 5.96 Å². The van der Waals surface area contributed by atoms with Crippen LogP contribution in [0, 0.1) is 0 Å². The van der Waals surface area contributed by atoms with Gasteiger partial charge in [-0.25, -0.2) is 8.42 Å². The summed E-state index contributed by atoms with van der Waals surface area (Å²) in [6.07, 6.45) is 4.13. The first-order valence-electron chi connectivity index (χ1n) is 11.2. The molecule has 1 heterocycles. The third-order valence-electron chi connectivity index (χ3n) is 5.70. The predicted molar refractivity (Wildman–Crippen MR) is 124 cm³/mol. The Morgan fingerprint density at radius 3 is 2.37 bits per heavy atom. The van der Waals surface area contributed by atoms with Gasteiger partial charge >= 0.3 is 0 Å². The SMILES string of the molecule is CCN(CC)CCCC(C)NC(=NC)NCc1ccc(S(=O)(=O)N2CCCC2)cc1. The average molecular weight is 438 g/mol. The van der Waals surface area contributed by atoms with E-state index >= 15 is 0 Å². The summed E-state index contributed by atoms with van der Waals surface area (Å²) in [5, 5.41) is 6.76. The molecule has 1 aliphatic heterocycles. The van der Waals surface area contributed by atoms with Gasteiger partial charge in [-0.3, -0.25) is 4.99 Å². The maximum Gasteiger partial charge on any atom is 0.243 e. The molecule has 0 aromatic heterocycles. The van der Waals surface area contributed by atoms with Crippen LogP contribution in [0.4, 0.5) is 0 Å². The van der Waals surface area contributed by atoms with Crippen molar-refractivity contribution in [3.63, 3.8) is 0 Å². The number of benzene rings is 1. The zero-order valence-electron chi connectivity index (χ0n) is 19.0. The van der Waals surface area contributed by atoms with E-state index in [-0.39, 0.29) is 0 Å². The predicted octanol–water partition coefficient (Wildman–Crippen LogP) is 2.65. The molecule has 30 heavy (non-hydrogen) atoms. The highest BCUT2D eigenvalue weighted by Gasteiger charge is 2.26. The molecule has 1 saturated heterocycles. The molecule has 1 aliphatic rings. The molecular weight excluding hydrogens is 398 g/mol. The monoisotopic (exact) mass is 437 g/mol. The van der Waals surface area contributed by atoms with Gasteiger partial charge in [0.05, 0.1) is 4.90 Å². The minimum absolute atomic E-state index is 0.333. The van der Waals surface area contributed by atoms with Crippen LogP contribution >= 0.6 is 0 Å². The molecule has 7 nitrogen and oxygen atoms in total. The van der Waals surface area contributed by atoms with Crippen LogP contribution in [0.15, 0.2) is 34.2 Å². The molecule has 1 aromatic carbocycles. The molecule has 0 amide bonds. The van der Waals surface area contributed by atoms with E-state index in [0.29, 0.717) is 30.6 Å². The second kappa shape index (κ2) is 12.3. The molecule has 1 atom stereocenters. The first-order chi connectivity index (χ1) is 14.4. The van der Waals surface area contributed by atoms with E-state index in [9.17, 15) is 8.42 Å². The molecule has 1 unspecified atom stereocenters. The molecule has 170 valence electrons. The van der Waals surface area contributed by atoms with Gasteiger partial charge in [0.25, 0.3) is 0 Å². The second-order valence-electron chi connectivity index (χ2n) is 7.90. The lowest BCUT2D eigenvalue weighted by Gasteiger charge is -2.21. The summed E-state index contributed by atoms with van der Waals surface area (Å²) >= 11 is 0. The quantitative estimate of drug-likeness (QED) is 0.411. The van der Waals surface area contributed by atoms with Crippen molar-refractivity contribution in [2.75, 3.05) is 39.8 Å². The van der Waals surface area contributed by atoms with Crippen molar-refractivity contribution in [2.45, 2.75) is 63.9 Å². The van der Waals surface area contributed by atoms with Gasteiger partial charge in [0, 0.05) is 32.7 Å². The third kappa shape index (κ3) is 7.25. The van der Waals surface area contributed by atoms with Crippen molar-refractivity contribution >= 4 is 16.0 Å². The Morgan fingerprint density at radius 1 is 1.17 bits per heavy atom. The summed E-state index contributed by atoms with van der Waals surface area (Å²) in [7, 11) is -1.59. The molecule has 0 bridgehead atoms. The zero-order valence-corrected chi connectivity index (χ0v) is 19.8. The summed E-state index contributed by atoms with van der Waals surface area (Å²) in [6, 6.07) is 7.49. The largest absolute Gasteiger partial charge is 0.354 e. The number of guanidine groups is 1. The first kappa shape index (κ1) is 24.6. The van der Waals surface area contributed by atoms with Crippen LogP contribution in [0.2, 0.25) is 0 Å². The lowest BCUT2D eigenvalue weighted by molar-refractivity contribution is 0.292. The number of hydrogen-bond acceptors (Lipinski definition) is 4. The fourth-order valence-electron chi connectivity index (χ4n) is 3.70.